The largest absolute Gasteiger partial charge is 0.508 e. The minimum atomic E-state index is -0.139. The van der Waals surface area contributed by atoms with Gasteiger partial charge in [0.25, 0.3) is 0 Å². The number of para-hydroxylation sites is 3. The van der Waals surface area contributed by atoms with Crippen LogP contribution < -0.4 is 10.1 Å². The van der Waals surface area contributed by atoms with Gasteiger partial charge in [-0.15, -0.1) is 0 Å². The summed E-state index contributed by atoms with van der Waals surface area (Å²) in [6, 6.07) is 24.7. The number of ether oxygens (including phenoxy) is 1. The van der Waals surface area contributed by atoms with E-state index in [2.05, 4.69) is 12.2 Å². The molecule has 0 saturated carbocycles. The third kappa shape index (κ3) is 5.61. The summed E-state index contributed by atoms with van der Waals surface area (Å²) in [6.07, 6.45) is 0. The van der Waals surface area contributed by atoms with E-state index in [9.17, 15) is 9.90 Å². The lowest BCUT2D eigenvalue weighted by Crippen LogP contribution is -2.35. The van der Waals surface area contributed by atoms with Crippen LogP contribution in [-0.4, -0.2) is 29.1 Å². The van der Waals surface area contributed by atoms with Crippen molar-refractivity contribution in [2.75, 3.05) is 18.5 Å². The highest BCUT2D eigenvalue weighted by Crippen LogP contribution is 2.27. The molecule has 0 aliphatic heterocycles. The number of benzene rings is 3. The minimum Gasteiger partial charge on any atom is -0.508 e. The van der Waals surface area contributed by atoms with Crippen LogP contribution in [0.5, 0.6) is 11.5 Å². The van der Waals surface area contributed by atoms with Crippen LogP contribution in [0, 0.1) is 0 Å². The first-order valence-electron chi connectivity index (χ1n) is 10.2. The van der Waals surface area contributed by atoms with Gasteiger partial charge in [0.05, 0.1) is 18.8 Å². The fourth-order valence-corrected chi connectivity index (χ4v) is 3.36. The summed E-state index contributed by atoms with van der Waals surface area (Å²) < 4.78 is 5.61. The first-order valence-corrected chi connectivity index (χ1v) is 10.2. The van der Waals surface area contributed by atoms with Crippen molar-refractivity contribution in [2.24, 2.45) is 0 Å². The molecule has 0 aromatic heterocycles. The van der Waals surface area contributed by atoms with Crippen LogP contribution in [0.3, 0.4) is 0 Å². The van der Waals surface area contributed by atoms with Gasteiger partial charge in [0.15, 0.2) is 0 Å². The Hall–Kier alpha value is -3.31. The first kappa shape index (κ1) is 21.4. The van der Waals surface area contributed by atoms with Gasteiger partial charge < -0.3 is 15.2 Å². The van der Waals surface area contributed by atoms with Crippen molar-refractivity contribution in [3.63, 3.8) is 0 Å². The Bertz CT molecular complexity index is 959. The van der Waals surface area contributed by atoms with E-state index in [0.717, 1.165) is 11.1 Å². The fraction of sp³-hybridized carbons (Fsp3) is 0.240. The highest BCUT2D eigenvalue weighted by Gasteiger charge is 2.21. The molecule has 5 nitrogen and oxygen atoms in total. The standard InChI is InChI=1S/C25H28N2O3/c1-3-30-24-16-10-8-14-22(24)26-25(29)18-27(17-21-13-7-9-15-23(21)28)19(2)20-11-5-4-6-12-20/h4-16,19,28H,3,17-18H2,1-2H3,(H,26,29). The number of phenolic OH excluding ortho intramolecular Hbond substituents is 1. The number of phenols is 1. The maximum absolute atomic E-state index is 12.9. The van der Waals surface area contributed by atoms with Crippen LogP contribution in [0.2, 0.25) is 0 Å². The molecule has 156 valence electrons. The van der Waals surface area contributed by atoms with Crippen LogP contribution in [-0.2, 0) is 11.3 Å². The molecule has 3 aromatic rings. The predicted octanol–water partition coefficient (Wildman–Crippen LogP) is 4.99. The lowest BCUT2D eigenvalue weighted by atomic mass is 10.1. The Balaban J connectivity index is 1.79. The molecule has 0 spiro atoms. The van der Waals surface area contributed by atoms with E-state index >= 15 is 0 Å². The molecule has 0 aliphatic carbocycles. The number of amides is 1. The number of aromatic hydroxyl groups is 1. The molecule has 1 amide bonds. The highest BCUT2D eigenvalue weighted by molar-refractivity contribution is 5.93. The van der Waals surface area contributed by atoms with Crippen molar-refractivity contribution in [3.05, 3.63) is 90.0 Å². The second-order valence-corrected chi connectivity index (χ2v) is 7.10. The second-order valence-electron chi connectivity index (χ2n) is 7.10. The average molecular weight is 405 g/mol. The molecule has 0 aliphatic rings. The van der Waals surface area contributed by atoms with Crippen LogP contribution in [0.4, 0.5) is 5.69 Å². The first-order chi connectivity index (χ1) is 14.6. The van der Waals surface area contributed by atoms with Crippen LogP contribution in [0.25, 0.3) is 0 Å². The van der Waals surface area contributed by atoms with E-state index in [1.807, 2.05) is 78.6 Å². The van der Waals surface area contributed by atoms with Gasteiger partial charge in [0.1, 0.15) is 11.5 Å². The van der Waals surface area contributed by atoms with E-state index in [1.165, 1.54) is 0 Å². The van der Waals surface area contributed by atoms with Gasteiger partial charge in [0.2, 0.25) is 5.91 Å². The molecule has 3 rings (SSSR count). The molecule has 0 fully saturated rings. The second kappa shape index (κ2) is 10.5. The van der Waals surface area contributed by atoms with Gasteiger partial charge in [-0.2, -0.15) is 0 Å². The Morgan fingerprint density at radius 2 is 1.67 bits per heavy atom. The summed E-state index contributed by atoms with van der Waals surface area (Å²) in [7, 11) is 0. The smallest absolute Gasteiger partial charge is 0.238 e. The molecule has 3 aromatic carbocycles. The molecule has 2 N–H and O–H groups in total. The molecular weight excluding hydrogens is 376 g/mol. The third-order valence-electron chi connectivity index (χ3n) is 5.00. The van der Waals surface area contributed by atoms with Crippen molar-refractivity contribution < 1.29 is 14.6 Å². The molecule has 5 heteroatoms. The fourth-order valence-electron chi connectivity index (χ4n) is 3.36. The van der Waals surface area contributed by atoms with Gasteiger partial charge in [0, 0.05) is 18.2 Å². The minimum absolute atomic E-state index is 0.0151. The summed E-state index contributed by atoms with van der Waals surface area (Å²) >= 11 is 0. The number of carbonyl (C=O) groups is 1. The van der Waals surface area contributed by atoms with Crippen molar-refractivity contribution in [3.8, 4) is 11.5 Å². The third-order valence-corrected chi connectivity index (χ3v) is 5.00. The van der Waals surface area contributed by atoms with Crippen LogP contribution >= 0.6 is 0 Å². The van der Waals surface area contributed by atoms with Crippen LogP contribution in [0.1, 0.15) is 31.0 Å². The normalized spacial score (nSPS) is 11.8. The monoisotopic (exact) mass is 404 g/mol. The van der Waals surface area contributed by atoms with Crippen LogP contribution in [0.15, 0.2) is 78.9 Å². The predicted molar refractivity (Wildman–Crippen MR) is 120 cm³/mol. The lowest BCUT2D eigenvalue weighted by Gasteiger charge is -2.29. The molecule has 1 atom stereocenters. The topological polar surface area (TPSA) is 61.8 Å². The Kier molecular flexibility index (Phi) is 7.46. The molecule has 30 heavy (non-hydrogen) atoms. The van der Waals surface area contributed by atoms with Gasteiger partial charge in [-0.25, -0.2) is 0 Å². The van der Waals surface area contributed by atoms with Crippen molar-refractivity contribution in [1.29, 1.82) is 0 Å². The van der Waals surface area contributed by atoms with Gasteiger partial charge in [-0.05, 0) is 37.6 Å². The van der Waals surface area contributed by atoms with Gasteiger partial charge >= 0.3 is 0 Å². The Morgan fingerprint density at radius 1 is 1.00 bits per heavy atom. The molecule has 1 unspecified atom stereocenters. The number of nitrogens with zero attached hydrogens (tertiary/aromatic N) is 1. The maximum Gasteiger partial charge on any atom is 0.238 e. The summed E-state index contributed by atoms with van der Waals surface area (Å²) in [6.45, 7) is 5.12. The number of anilines is 1. The highest BCUT2D eigenvalue weighted by atomic mass is 16.5. The van der Waals surface area contributed by atoms with Gasteiger partial charge in [-0.3, -0.25) is 9.69 Å². The number of rotatable bonds is 9. The zero-order chi connectivity index (χ0) is 21.3. The average Bonchev–Trinajstić information content (AvgIpc) is 2.76. The quantitative estimate of drug-likeness (QED) is 0.527. The Labute approximate surface area is 177 Å². The number of hydrogen-bond acceptors (Lipinski definition) is 4. The number of hydrogen-bond donors (Lipinski definition) is 2. The van der Waals surface area contributed by atoms with Crippen molar-refractivity contribution in [2.45, 2.75) is 26.4 Å². The van der Waals surface area contributed by atoms with E-state index in [0.29, 0.717) is 24.6 Å². The summed E-state index contributed by atoms with van der Waals surface area (Å²) in [5.74, 6) is 0.738. The van der Waals surface area contributed by atoms with E-state index in [-0.39, 0.29) is 24.2 Å². The molecule has 0 heterocycles. The molecule has 0 saturated heterocycles. The van der Waals surface area contributed by atoms with Crippen molar-refractivity contribution in [1.82, 2.24) is 4.90 Å². The summed E-state index contributed by atoms with van der Waals surface area (Å²) in [5.41, 5.74) is 2.54. The zero-order valence-corrected chi connectivity index (χ0v) is 17.4. The lowest BCUT2D eigenvalue weighted by molar-refractivity contribution is -0.118. The molecule has 0 radical (unpaired) electrons. The molecule has 0 bridgehead atoms. The number of carbonyl (C=O) groups excluding carboxylic acids is 1. The maximum atomic E-state index is 12.9. The van der Waals surface area contributed by atoms with E-state index in [1.54, 1.807) is 12.1 Å². The van der Waals surface area contributed by atoms with E-state index < -0.39 is 0 Å². The number of nitrogens with one attached hydrogen (secondary N) is 1. The summed E-state index contributed by atoms with van der Waals surface area (Å²) in [5, 5.41) is 13.2. The molecular formula is C25H28N2O3. The SMILES string of the molecule is CCOc1ccccc1NC(=O)CN(Cc1ccccc1O)C(C)c1ccccc1. The zero-order valence-electron chi connectivity index (χ0n) is 17.4. The Morgan fingerprint density at radius 3 is 2.40 bits per heavy atom. The summed E-state index contributed by atoms with van der Waals surface area (Å²) in [4.78, 5) is 15.0. The van der Waals surface area contributed by atoms with E-state index in [4.69, 9.17) is 4.74 Å². The van der Waals surface area contributed by atoms with Gasteiger partial charge in [-0.1, -0.05) is 60.7 Å². The van der Waals surface area contributed by atoms with Crippen molar-refractivity contribution >= 4 is 11.6 Å².